The van der Waals surface area contributed by atoms with E-state index in [-0.39, 0.29) is 23.8 Å². The Balaban J connectivity index is 2.76. The molecule has 0 aliphatic carbocycles. The third-order valence-corrected chi connectivity index (χ3v) is 2.45. The fourth-order valence-electron chi connectivity index (χ4n) is 1.55. The number of aryl methyl sites for hydroxylation is 1. The molecule has 2 N–H and O–H groups in total. The largest absolute Gasteiger partial charge is 0.481 e. The van der Waals surface area contributed by atoms with E-state index < -0.39 is 10.9 Å². The van der Waals surface area contributed by atoms with Gasteiger partial charge in [-0.1, -0.05) is 6.92 Å². The molecule has 0 amide bonds. The lowest BCUT2D eigenvalue weighted by atomic mass is 10.1. The number of nitrogens with zero attached hydrogens (tertiary/aromatic N) is 2. The minimum Gasteiger partial charge on any atom is -0.481 e. The SMILES string of the molecule is Cc1ccnc(NCC(C)CC(=O)O)c1[N+](=O)[O-]. The Morgan fingerprint density at radius 2 is 2.33 bits per heavy atom. The van der Waals surface area contributed by atoms with Crippen molar-refractivity contribution >= 4 is 17.5 Å². The second kappa shape index (κ2) is 5.95. The quantitative estimate of drug-likeness (QED) is 0.591. The standard InChI is InChI=1S/C11H15N3O4/c1-7(5-9(15)16)6-13-11-10(14(17)18)8(2)3-4-12-11/h3-4,7H,5-6H2,1-2H3,(H,12,13)(H,15,16). The van der Waals surface area contributed by atoms with E-state index in [0.717, 1.165) is 0 Å². The molecule has 7 nitrogen and oxygen atoms in total. The summed E-state index contributed by atoms with van der Waals surface area (Å²) >= 11 is 0. The summed E-state index contributed by atoms with van der Waals surface area (Å²) in [4.78, 5) is 24.8. The number of anilines is 1. The Labute approximate surface area is 104 Å². The Bertz CT molecular complexity index is 462. The van der Waals surface area contributed by atoms with Crippen LogP contribution in [0.3, 0.4) is 0 Å². The molecule has 0 aliphatic heterocycles. The third kappa shape index (κ3) is 3.69. The summed E-state index contributed by atoms with van der Waals surface area (Å²) in [6.45, 7) is 3.71. The Hall–Kier alpha value is -2.18. The average molecular weight is 253 g/mol. The van der Waals surface area contributed by atoms with E-state index in [0.29, 0.717) is 12.1 Å². The van der Waals surface area contributed by atoms with Crippen LogP contribution in [-0.2, 0) is 4.79 Å². The molecule has 1 atom stereocenters. The van der Waals surface area contributed by atoms with E-state index in [9.17, 15) is 14.9 Å². The Kier molecular flexibility index (Phi) is 4.59. The number of nitro groups is 1. The van der Waals surface area contributed by atoms with Crippen LogP contribution in [0.5, 0.6) is 0 Å². The first-order valence-electron chi connectivity index (χ1n) is 5.47. The van der Waals surface area contributed by atoms with Gasteiger partial charge in [-0.2, -0.15) is 0 Å². The van der Waals surface area contributed by atoms with Gasteiger partial charge >= 0.3 is 11.7 Å². The molecule has 0 aliphatic rings. The first kappa shape index (κ1) is 13.9. The number of carbonyl (C=O) groups is 1. The van der Waals surface area contributed by atoms with E-state index in [1.54, 1.807) is 19.9 Å². The lowest BCUT2D eigenvalue weighted by Crippen LogP contribution is -2.16. The summed E-state index contributed by atoms with van der Waals surface area (Å²) in [5, 5.41) is 22.3. The number of nitrogens with one attached hydrogen (secondary N) is 1. The molecular formula is C11H15N3O4. The molecular weight excluding hydrogens is 238 g/mol. The van der Waals surface area contributed by atoms with Gasteiger partial charge in [0.2, 0.25) is 5.82 Å². The second-order valence-corrected chi connectivity index (χ2v) is 4.17. The van der Waals surface area contributed by atoms with Crippen molar-refractivity contribution in [3.05, 3.63) is 27.9 Å². The van der Waals surface area contributed by atoms with Gasteiger partial charge in [-0.3, -0.25) is 14.9 Å². The number of aliphatic carboxylic acids is 1. The van der Waals surface area contributed by atoms with Gasteiger partial charge in [0.05, 0.1) is 4.92 Å². The maximum absolute atomic E-state index is 10.9. The lowest BCUT2D eigenvalue weighted by molar-refractivity contribution is -0.384. The number of carboxylic acids is 1. The van der Waals surface area contributed by atoms with E-state index >= 15 is 0 Å². The predicted octanol–water partition coefficient (Wildman–Crippen LogP) is 1.82. The van der Waals surface area contributed by atoms with Crippen molar-refractivity contribution in [1.29, 1.82) is 0 Å². The van der Waals surface area contributed by atoms with Crippen molar-refractivity contribution in [2.24, 2.45) is 5.92 Å². The average Bonchev–Trinajstić information content (AvgIpc) is 2.24. The molecule has 0 saturated heterocycles. The van der Waals surface area contributed by atoms with Crippen LogP contribution in [0.25, 0.3) is 0 Å². The van der Waals surface area contributed by atoms with Crippen molar-refractivity contribution in [2.75, 3.05) is 11.9 Å². The van der Waals surface area contributed by atoms with Crippen LogP contribution in [0.15, 0.2) is 12.3 Å². The van der Waals surface area contributed by atoms with Crippen molar-refractivity contribution in [3.63, 3.8) is 0 Å². The highest BCUT2D eigenvalue weighted by Crippen LogP contribution is 2.25. The van der Waals surface area contributed by atoms with E-state index in [1.165, 1.54) is 6.20 Å². The van der Waals surface area contributed by atoms with E-state index in [1.807, 2.05) is 0 Å². The van der Waals surface area contributed by atoms with Crippen LogP contribution < -0.4 is 5.32 Å². The van der Waals surface area contributed by atoms with Gasteiger partial charge < -0.3 is 10.4 Å². The number of rotatable bonds is 6. The molecule has 1 unspecified atom stereocenters. The highest BCUT2D eigenvalue weighted by Gasteiger charge is 2.19. The minimum absolute atomic E-state index is 0.00656. The molecule has 0 radical (unpaired) electrons. The zero-order valence-corrected chi connectivity index (χ0v) is 10.2. The maximum Gasteiger partial charge on any atom is 0.314 e. The molecule has 7 heteroatoms. The van der Waals surface area contributed by atoms with Crippen molar-refractivity contribution in [3.8, 4) is 0 Å². The summed E-state index contributed by atoms with van der Waals surface area (Å²) < 4.78 is 0. The number of hydrogen-bond acceptors (Lipinski definition) is 5. The summed E-state index contributed by atoms with van der Waals surface area (Å²) in [6, 6.07) is 1.56. The minimum atomic E-state index is -0.893. The molecule has 0 aromatic carbocycles. The lowest BCUT2D eigenvalue weighted by Gasteiger charge is -2.11. The molecule has 0 saturated carbocycles. The smallest absolute Gasteiger partial charge is 0.314 e. The highest BCUT2D eigenvalue weighted by atomic mass is 16.6. The molecule has 1 aromatic rings. The van der Waals surface area contributed by atoms with E-state index in [2.05, 4.69) is 10.3 Å². The summed E-state index contributed by atoms with van der Waals surface area (Å²) in [5.74, 6) is -0.849. The normalized spacial score (nSPS) is 11.9. The van der Waals surface area contributed by atoms with Crippen LogP contribution >= 0.6 is 0 Å². The number of hydrogen-bond donors (Lipinski definition) is 2. The fourth-order valence-corrected chi connectivity index (χ4v) is 1.55. The zero-order chi connectivity index (χ0) is 13.7. The molecule has 98 valence electrons. The topological polar surface area (TPSA) is 105 Å². The number of pyridine rings is 1. The predicted molar refractivity (Wildman–Crippen MR) is 65.5 cm³/mol. The van der Waals surface area contributed by atoms with Gasteiger partial charge in [0.15, 0.2) is 0 Å². The van der Waals surface area contributed by atoms with Crippen LogP contribution in [0.1, 0.15) is 18.9 Å². The summed E-state index contributed by atoms with van der Waals surface area (Å²) in [6.07, 6.45) is 1.49. The van der Waals surface area contributed by atoms with Gasteiger partial charge in [0, 0.05) is 24.7 Å². The molecule has 1 heterocycles. The molecule has 0 spiro atoms. The second-order valence-electron chi connectivity index (χ2n) is 4.17. The van der Waals surface area contributed by atoms with Gasteiger partial charge in [0.25, 0.3) is 0 Å². The molecule has 1 rings (SSSR count). The van der Waals surface area contributed by atoms with Gasteiger partial charge in [-0.25, -0.2) is 4.98 Å². The van der Waals surface area contributed by atoms with Crippen LogP contribution in [0.2, 0.25) is 0 Å². The fraction of sp³-hybridized carbons (Fsp3) is 0.455. The van der Waals surface area contributed by atoms with E-state index in [4.69, 9.17) is 5.11 Å². The Morgan fingerprint density at radius 1 is 1.67 bits per heavy atom. The van der Waals surface area contributed by atoms with Crippen LogP contribution in [-0.4, -0.2) is 27.5 Å². The van der Waals surface area contributed by atoms with Gasteiger partial charge in [0.1, 0.15) is 0 Å². The Morgan fingerprint density at radius 3 is 2.89 bits per heavy atom. The zero-order valence-electron chi connectivity index (χ0n) is 10.2. The van der Waals surface area contributed by atoms with Gasteiger partial charge in [-0.05, 0) is 18.9 Å². The highest BCUT2D eigenvalue weighted by molar-refractivity contribution is 5.67. The first-order chi connectivity index (χ1) is 8.41. The number of carboxylic acid groups (broad SMARTS) is 1. The molecule has 18 heavy (non-hydrogen) atoms. The number of aromatic nitrogens is 1. The summed E-state index contributed by atoms with van der Waals surface area (Å²) in [7, 11) is 0. The molecule has 0 fully saturated rings. The maximum atomic E-state index is 10.9. The molecule has 1 aromatic heterocycles. The third-order valence-electron chi connectivity index (χ3n) is 2.45. The van der Waals surface area contributed by atoms with Crippen LogP contribution in [0.4, 0.5) is 11.5 Å². The monoisotopic (exact) mass is 253 g/mol. The van der Waals surface area contributed by atoms with Crippen molar-refractivity contribution in [2.45, 2.75) is 20.3 Å². The summed E-state index contributed by atoms with van der Waals surface area (Å²) in [5.41, 5.74) is 0.448. The first-order valence-corrected chi connectivity index (χ1v) is 5.47. The van der Waals surface area contributed by atoms with Crippen molar-refractivity contribution in [1.82, 2.24) is 4.98 Å². The van der Waals surface area contributed by atoms with Crippen molar-refractivity contribution < 1.29 is 14.8 Å². The van der Waals surface area contributed by atoms with Crippen LogP contribution in [0, 0.1) is 23.0 Å². The van der Waals surface area contributed by atoms with Gasteiger partial charge in [-0.15, -0.1) is 0 Å². The molecule has 0 bridgehead atoms.